The zero-order valence-corrected chi connectivity index (χ0v) is 10.8. The maximum atomic E-state index is 6.39. The maximum Gasteiger partial charge on any atom is 0.231 e. The Labute approximate surface area is 103 Å². The Morgan fingerprint density at radius 3 is 2.75 bits per heavy atom. The van der Waals surface area contributed by atoms with Gasteiger partial charge in [-0.25, -0.2) is 0 Å². The first-order valence-corrected chi connectivity index (χ1v) is 6.29. The van der Waals surface area contributed by atoms with Crippen LogP contribution < -0.4 is 15.2 Å². The van der Waals surface area contributed by atoms with Crippen LogP contribution >= 0.6 is 15.9 Å². The molecule has 3 nitrogen and oxygen atoms in total. The molecule has 0 amide bonds. The van der Waals surface area contributed by atoms with Crippen LogP contribution in [0.2, 0.25) is 0 Å². The van der Waals surface area contributed by atoms with Crippen LogP contribution in [0, 0.1) is 6.92 Å². The van der Waals surface area contributed by atoms with Crippen molar-refractivity contribution in [3.05, 3.63) is 21.7 Å². The van der Waals surface area contributed by atoms with Crippen molar-refractivity contribution in [1.29, 1.82) is 0 Å². The van der Waals surface area contributed by atoms with Gasteiger partial charge in [0, 0.05) is 5.54 Å². The molecule has 1 heterocycles. The van der Waals surface area contributed by atoms with Crippen LogP contribution in [0.1, 0.15) is 30.4 Å². The number of nitrogens with two attached hydrogens (primary N) is 1. The fourth-order valence-corrected chi connectivity index (χ4v) is 3.56. The van der Waals surface area contributed by atoms with E-state index in [0.717, 1.165) is 28.8 Å². The smallest absolute Gasteiger partial charge is 0.231 e. The third-order valence-electron chi connectivity index (χ3n) is 3.55. The summed E-state index contributed by atoms with van der Waals surface area (Å²) in [5.74, 6) is 1.62. The van der Waals surface area contributed by atoms with E-state index in [1.807, 2.05) is 6.07 Å². The van der Waals surface area contributed by atoms with Gasteiger partial charge in [0.05, 0.1) is 4.47 Å². The molecule has 4 heteroatoms. The first-order valence-electron chi connectivity index (χ1n) is 5.50. The highest BCUT2D eigenvalue weighted by Crippen LogP contribution is 2.50. The van der Waals surface area contributed by atoms with Gasteiger partial charge in [-0.3, -0.25) is 0 Å². The SMILES string of the molecule is Cc1cc2c(c(Br)c1C1(N)CCC1)OCO2. The van der Waals surface area contributed by atoms with E-state index in [4.69, 9.17) is 15.2 Å². The molecule has 0 aromatic heterocycles. The number of benzene rings is 1. The second kappa shape index (κ2) is 3.37. The lowest BCUT2D eigenvalue weighted by atomic mass is 9.71. The molecule has 0 atom stereocenters. The maximum absolute atomic E-state index is 6.39. The van der Waals surface area contributed by atoms with Crippen LogP contribution in [-0.4, -0.2) is 6.79 Å². The van der Waals surface area contributed by atoms with Crippen molar-refractivity contribution in [2.24, 2.45) is 5.73 Å². The van der Waals surface area contributed by atoms with Gasteiger partial charge in [0.15, 0.2) is 11.5 Å². The molecule has 1 aliphatic heterocycles. The molecule has 0 spiro atoms. The van der Waals surface area contributed by atoms with E-state index in [1.54, 1.807) is 0 Å². The second-order valence-corrected chi connectivity index (χ2v) is 5.42. The molecule has 16 heavy (non-hydrogen) atoms. The van der Waals surface area contributed by atoms with Crippen molar-refractivity contribution in [3.8, 4) is 11.5 Å². The zero-order valence-electron chi connectivity index (χ0n) is 9.18. The molecular weight excluding hydrogens is 270 g/mol. The van der Waals surface area contributed by atoms with E-state index in [0.29, 0.717) is 6.79 Å². The summed E-state index contributed by atoms with van der Waals surface area (Å²) in [5.41, 5.74) is 8.58. The summed E-state index contributed by atoms with van der Waals surface area (Å²) in [6.45, 7) is 2.38. The summed E-state index contributed by atoms with van der Waals surface area (Å²) >= 11 is 3.61. The van der Waals surface area contributed by atoms with Crippen molar-refractivity contribution in [2.75, 3.05) is 6.79 Å². The van der Waals surface area contributed by atoms with Crippen molar-refractivity contribution in [3.63, 3.8) is 0 Å². The number of aryl methyl sites for hydroxylation is 1. The largest absolute Gasteiger partial charge is 0.454 e. The molecule has 1 aromatic rings. The van der Waals surface area contributed by atoms with Gasteiger partial charge in [-0.1, -0.05) is 0 Å². The lowest BCUT2D eigenvalue weighted by Crippen LogP contribution is -2.44. The monoisotopic (exact) mass is 283 g/mol. The highest BCUT2D eigenvalue weighted by Gasteiger charge is 2.39. The third-order valence-corrected chi connectivity index (χ3v) is 4.30. The van der Waals surface area contributed by atoms with Gasteiger partial charge in [0.2, 0.25) is 6.79 Å². The van der Waals surface area contributed by atoms with Gasteiger partial charge in [0.1, 0.15) is 0 Å². The predicted octanol–water partition coefficient (Wildman–Crippen LogP) is 2.82. The molecule has 1 aromatic carbocycles. The molecule has 0 bridgehead atoms. The minimum Gasteiger partial charge on any atom is -0.454 e. The molecule has 0 unspecified atom stereocenters. The number of hydrogen-bond acceptors (Lipinski definition) is 3. The average Bonchev–Trinajstić information content (AvgIpc) is 2.63. The molecule has 2 N–H and O–H groups in total. The summed E-state index contributed by atoms with van der Waals surface area (Å²) < 4.78 is 11.8. The van der Waals surface area contributed by atoms with Crippen LogP contribution in [0.4, 0.5) is 0 Å². The van der Waals surface area contributed by atoms with Crippen molar-refractivity contribution < 1.29 is 9.47 Å². The van der Waals surface area contributed by atoms with E-state index < -0.39 is 0 Å². The van der Waals surface area contributed by atoms with E-state index in [2.05, 4.69) is 22.9 Å². The van der Waals surface area contributed by atoms with Crippen molar-refractivity contribution >= 4 is 15.9 Å². The van der Waals surface area contributed by atoms with E-state index in [-0.39, 0.29) is 5.54 Å². The first-order chi connectivity index (χ1) is 7.62. The quantitative estimate of drug-likeness (QED) is 0.862. The Kier molecular flexibility index (Phi) is 2.20. The van der Waals surface area contributed by atoms with Gasteiger partial charge in [-0.05, 0) is 59.3 Å². The van der Waals surface area contributed by atoms with E-state index >= 15 is 0 Å². The Hall–Kier alpha value is -0.740. The Balaban J connectivity index is 2.18. The standard InChI is InChI=1S/C12H14BrNO2/c1-7-5-8-11(16-6-15-8)10(13)9(7)12(14)3-2-4-12/h5H,2-4,6,14H2,1H3. The molecule has 3 rings (SSSR count). The number of halogens is 1. The Morgan fingerprint density at radius 2 is 2.12 bits per heavy atom. The molecule has 0 saturated heterocycles. The van der Waals surface area contributed by atoms with Crippen molar-refractivity contribution in [2.45, 2.75) is 31.7 Å². The third kappa shape index (κ3) is 1.29. The summed E-state index contributed by atoms with van der Waals surface area (Å²) in [6, 6.07) is 2.02. The normalized spacial score (nSPS) is 20.7. The molecule has 86 valence electrons. The summed E-state index contributed by atoms with van der Waals surface area (Å²) in [5, 5.41) is 0. The van der Waals surface area contributed by atoms with Gasteiger partial charge in [0.25, 0.3) is 0 Å². The van der Waals surface area contributed by atoms with Crippen LogP contribution in [-0.2, 0) is 5.54 Å². The van der Waals surface area contributed by atoms with E-state index in [9.17, 15) is 0 Å². The molecule has 1 aliphatic carbocycles. The second-order valence-electron chi connectivity index (χ2n) is 4.63. The Morgan fingerprint density at radius 1 is 1.38 bits per heavy atom. The first kappa shape index (κ1) is 10.4. The summed E-state index contributed by atoms with van der Waals surface area (Å²) in [7, 11) is 0. The molecule has 0 radical (unpaired) electrons. The highest BCUT2D eigenvalue weighted by atomic mass is 79.9. The molecule has 2 aliphatic rings. The fourth-order valence-electron chi connectivity index (χ4n) is 2.54. The van der Waals surface area contributed by atoms with Crippen LogP contribution in [0.15, 0.2) is 10.5 Å². The molecule has 1 fully saturated rings. The molecular formula is C12H14BrNO2. The molecule has 1 saturated carbocycles. The van der Waals surface area contributed by atoms with Gasteiger partial charge in [-0.15, -0.1) is 0 Å². The number of hydrogen-bond donors (Lipinski definition) is 1. The summed E-state index contributed by atoms with van der Waals surface area (Å²) in [6.07, 6.45) is 3.30. The minimum absolute atomic E-state index is 0.177. The lowest BCUT2D eigenvalue weighted by Gasteiger charge is -2.40. The van der Waals surface area contributed by atoms with Crippen LogP contribution in [0.25, 0.3) is 0 Å². The average molecular weight is 284 g/mol. The predicted molar refractivity (Wildman–Crippen MR) is 64.7 cm³/mol. The topological polar surface area (TPSA) is 44.5 Å². The van der Waals surface area contributed by atoms with Crippen LogP contribution in [0.5, 0.6) is 11.5 Å². The number of fused-ring (bicyclic) bond motifs is 1. The number of ether oxygens (including phenoxy) is 2. The van der Waals surface area contributed by atoms with Crippen LogP contribution in [0.3, 0.4) is 0 Å². The van der Waals surface area contributed by atoms with Gasteiger partial charge >= 0.3 is 0 Å². The minimum atomic E-state index is -0.177. The summed E-state index contributed by atoms with van der Waals surface area (Å²) in [4.78, 5) is 0. The zero-order chi connectivity index (χ0) is 11.3. The Bertz CT molecular complexity index is 455. The lowest BCUT2D eigenvalue weighted by molar-refractivity contribution is 0.173. The van der Waals surface area contributed by atoms with Crippen molar-refractivity contribution in [1.82, 2.24) is 0 Å². The number of rotatable bonds is 1. The van der Waals surface area contributed by atoms with E-state index in [1.165, 1.54) is 17.5 Å². The van der Waals surface area contributed by atoms with Gasteiger partial charge in [-0.2, -0.15) is 0 Å². The van der Waals surface area contributed by atoms with Gasteiger partial charge < -0.3 is 15.2 Å². The highest BCUT2D eigenvalue weighted by molar-refractivity contribution is 9.10. The fraction of sp³-hybridized carbons (Fsp3) is 0.500.